The van der Waals surface area contributed by atoms with Gasteiger partial charge in [-0.15, -0.1) is 0 Å². The molecule has 1 heterocycles. The third kappa shape index (κ3) is 4.93. The molecule has 116 valence electrons. The Kier molecular flexibility index (Phi) is 7.05. The fourth-order valence-electron chi connectivity index (χ4n) is 1.85. The minimum atomic E-state index is -0.371. The smallest absolute Gasteiger partial charge is 0.137 e. The molecule has 0 saturated carbocycles. The Morgan fingerprint density at radius 3 is 2.71 bits per heavy atom. The summed E-state index contributed by atoms with van der Waals surface area (Å²) in [6.45, 7) is 2.85. The first-order valence-corrected chi connectivity index (χ1v) is 6.79. The summed E-state index contributed by atoms with van der Waals surface area (Å²) in [5.74, 6) is 2.21. The lowest BCUT2D eigenvalue weighted by molar-refractivity contribution is -0.00000718. The van der Waals surface area contributed by atoms with Crippen molar-refractivity contribution in [3.05, 3.63) is 41.1 Å². The molecule has 0 fully saturated rings. The summed E-state index contributed by atoms with van der Waals surface area (Å²) in [6.07, 6.45) is -0.371. The molecule has 1 atom stereocenters. The van der Waals surface area contributed by atoms with Gasteiger partial charge in [0.1, 0.15) is 17.3 Å². The van der Waals surface area contributed by atoms with Gasteiger partial charge in [-0.1, -0.05) is 11.6 Å². The van der Waals surface area contributed by atoms with Crippen molar-refractivity contribution in [1.29, 1.82) is 0 Å². The molecule has 0 spiro atoms. The van der Waals surface area contributed by atoms with Gasteiger partial charge in [0.2, 0.25) is 0 Å². The Bertz CT molecular complexity index is 570. The highest BCUT2D eigenvalue weighted by atomic mass is 35.5. The van der Waals surface area contributed by atoms with Crippen LogP contribution in [0.25, 0.3) is 11.3 Å². The van der Waals surface area contributed by atoms with E-state index in [0.29, 0.717) is 23.9 Å². The zero-order valence-electron chi connectivity index (χ0n) is 11.9. The fraction of sp³-hybridized carbons (Fsp3) is 0.333. The summed E-state index contributed by atoms with van der Waals surface area (Å²) in [5.41, 5.74) is 0.901. The van der Waals surface area contributed by atoms with Crippen molar-refractivity contribution < 1.29 is 26.7 Å². The molecule has 0 saturated heterocycles. The van der Waals surface area contributed by atoms with Crippen LogP contribution in [-0.2, 0) is 6.54 Å². The number of benzene rings is 1. The fourth-order valence-corrected chi connectivity index (χ4v) is 2.11. The van der Waals surface area contributed by atoms with E-state index in [1.165, 1.54) is 0 Å². The first-order chi connectivity index (χ1) is 9.60. The van der Waals surface area contributed by atoms with Crippen molar-refractivity contribution in [2.75, 3.05) is 13.7 Å². The highest BCUT2D eigenvalue weighted by Gasteiger charge is 2.08. The van der Waals surface area contributed by atoms with Crippen LogP contribution in [0, 0.1) is 0 Å². The van der Waals surface area contributed by atoms with Gasteiger partial charge in [0.25, 0.3) is 0 Å². The molecule has 1 aromatic carbocycles. The van der Waals surface area contributed by atoms with Crippen LogP contribution in [0.15, 0.2) is 34.7 Å². The third-order valence-electron chi connectivity index (χ3n) is 2.84. The Morgan fingerprint density at radius 2 is 2.10 bits per heavy atom. The highest BCUT2D eigenvalue weighted by molar-refractivity contribution is 6.32. The summed E-state index contributed by atoms with van der Waals surface area (Å²) in [4.78, 5) is 0. The number of aliphatic hydroxyl groups is 1. The molecule has 1 aromatic heterocycles. The first kappa shape index (κ1) is 17.9. The van der Waals surface area contributed by atoms with Crippen LogP contribution in [-0.4, -0.2) is 24.9 Å². The standard InChI is InChI=1S/C15H18ClNO3.ClH/c1-10(18)8-17-9-12-4-6-14(20-12)11-3-5-15(19-2)13(16)7-11;/h3-7,10,17-18H,8-9H2,1-2H3;1H/p-1. The van der Waals surface area contributed by atoms with Crippen molar-refractivity contribution >= 4 is 11.6 Å². The lowest BCUT2D eigenvalue weighted by Crippen LogP contribution is -3.00. The van der Waals surface area contributed by atoms with Crippen LogP contribution in [0.4, 0.5) is 0 Å². The zero-order valence-corrected chi connectivity index (χ0v) is 13.4. The quantitative estimate of drug-likeness (QED) is 0.787. The van der Waals surface area contributed by atoms with Crippen LogP contribution >= 0.6 is 11.6 Å². The van der Waals surface area contributed by atoms with Crippen LogP contribution < -0.4 is 22.5 Å². The zero-order chi connectivity index (χ0) is 14.5. The summed E-state index contributed by atoms with van der Waals surface area (Å²) < 4.78 is 10.9. The number of rotatable bonds is 6. The van der Waals surface area contributed by atoms with E-state index in [9.17, 15) is 5.11 Å². The van der Waals surface area contributed by atoms with Crippen LogP contribution in [0.2, 0.25) is 5.02 Å². The van der Waals surface area contributed by atoms with Gasteiger partial charge in [0.05, 0.1) is 24.8 Å². The van der Waals surface area contributed by atoms with E-state index in [1.54, 1.807) is 14.0 Å². The molecule has 0 bridgehead atoms. The largest absolute Gasteiger partial charge is 1.00 e. The molecule has 6 heteroatoms. The number of furan rings is 1. The average Bonchev–Trinajstić information content (AvgIpc) is 2.87. The van der Waals surface area contributed by atoms with E-state index in [2.05, 4.69) is 5.32 Å². The minimum Gasteiger partial charge on any atom is -1.00 e. The lowest BCUT2D eigenvalue weighted by atomic mass is 10.2. The van der Waals surface area contributed by atoms with Crippen molar-refractivity contribution in [1.82, 2.24) is 5.32 Å². The Labute approximate surface area is 135 Å². The Morgan fingerprint density at radius 1 is 1.33 bits per heavy atom. The maximum atomic E-state index is 9.17. The minimum absolute atomic E-state index is 0. The highest BCUT2D eigenvalue weighted by Crippen LogP contribution is 2.30. The van der Waals surface area contributed by atoms with Gasteiger partial charge in [0.15, 0.2) is 0 Å². The maximum Gasteiger partial charge on any atom is 0.137 e. The van der Waals surface area contributed by atoms with Gasteiger partial charge in [-0.25, -0.2) is 0 Å². The van der Waals surface area contributed by atoms with Crippen molar-refractivity contribution in [3.63, 3.8) is 0 Å². The molecule has 21 heavy (non-hydrogen) atoms. The molecule has 1 unspecified atom stereocenters. The van der Waals surface area contributed by atoms with Gasteiger partial charge < -0.3 is 32.0 Å². The van der Waals surface area contributed by atoms with Crippen molar-refractivity contribution in [2.45, 2.75) is 19.6 Å². The van der Waals surface area contributed by atoms with E-state index in [-0.39, 0.29) is 18.5 Å². The van der Waals surface area contributed by atoms with E-state index in [4.69, 9.17) is 20.8 Å². The lowest BCUT2D eigenvalue weighted by Gasteiger charge is -2.05. The number of methoxy groups -OCH3 is 1. The Balaban J connectivity index is 0.00000220. The molecular weight excluding hydrogens is 313 g/mol. The molecule has 0 radical (unpaired) electrons. The van der Waals surface area contributed by atoms with Gasteiger partial charge in [-0.3, -0.25) is 0 Å². The van der Waals surface area contributed by atoms with Gasteiger partial charge >= 0.3 is 0 Å². The molecule has 4 nitrogen and oxygen atoms in total. The van der Waals surface area contributed by atoms with Crippen LogP contribution in [0.3, 0.4) is 0 Å². The molecule has 0 aliphatic rings. The second-order valence-corrected chi connectivity index (χ2v) is 5.00. The van der Waals surface area contributed by atoms with E-state index in [0.717, 1.165) is 17.1 Å². The number of halogens is 2. The van der Waals surface area contributed by atoms with Gasteiger partial charge in [-0.05, 0) is 37.3 Å². The second kappa shape index (κ2) is 8.29. The first-order valence-electron chi connectivity index (χ1n) is 6.41. The van der Waals surface area contributed by atoms with Crippen molar-refractivity contribution in [3.8, 4) is 17.1 Å². The molecule has 0 aliphatic heterocycles. The number of aliphatic hydroxyl groups excluding tert-OH is 1. The molecule has 2 N–H and O–H groups in total. The van der Waals surface area contributed by atoms with Crippen molar-refractivity contribution in [2.24, 2.45) is 0 Å². The molecule has 0 amide bonds. The number of nitrogens with one attached hydrogen (secondary N) is 1. The van der Waals surface area contributed by atoms with E-state index in [1.807, 2.05) is 30.3 Å². The van der Waals surface area contributed by atoms with Crippen LogP contribution in [0.1, 0.15) is 12.7 Å². The number of hydrogen-bond acceptors (Lipinski definition) is 4. The monoisotopic (exact) mass is 330 g/mol. The van der Waals surface area contributed by atoms with Crippen LogP contribution in [0.5, 0.6) is 5.75 Å². The van der Waals surface area contributed by atoms with Gasteiger partial charge in [0, 0.05) is 12.1 Å². The SMILES string of the molecule is COc1ccc(-c2ccc(CNCC(C)O)o2)cc1Cl.[Cl-]. The number of ether oxygens (including phenoxy) is 1. The molecular formula is C15H18Cl2NO3-. The second-order valence-electron chi connectivity index (χ2n) is 4.60. The van der Waals surface area contributed by atoms with Gasteiger partial charge in [-0.2, -0.15) is 0 Å². The summed E-state index contributed by atoms with van der Waals surface area (Å²) in [5, 5.41) is 12.8. The molecule has 2 rings (SSSR count). The average molecular weight is 331 g/mol. The maximum absolute atomic E-state index is 9.17. The molecule has 0 aliphatic carbocycles. The number of hydrogen-bond donors (Lipinski definition) is 2. The summed E-state index contributed by atoms with van der Waals surface area (Å²) in [7, 11) is 1.58. The third-order valence-corrected chi connectivity index (χ3v) is 3.13. The normalized spacial score (nSPS) is 11.8. The van der Waals surface area contributed by atoms with E-state index < -0.39 is 0 Å². The predicted octanol–water partition coefficient (Wildman–Crippen LogP) is 0.0830. The summed E-state index contributed by atoms with van der Waals surface area (Å²) >= 11 is 6.10. The van der Waals surface area contributed by atoms with E-state index >= 15 is 0 Å². The molecule has 2 aromatic rings. The summed E-state index contributed by atoms with van der Waals surface area (Å²) in [6, 6.07) is 9.33. The Hall–Kier alpha value is -1.20. The topological polar surface area (TPSA) is 54.6 Å². The predicted molar refractivity (Wildman–Crippen MR) is 79.1 cm³/mol.